The summed E-state index contributed by atoms with van der Waals surface area (Å²) in [4.78, 5) is 21.3. The molecule has 39 heavy (non-hydrogen) atoms. The third kappa shape index (κ3) is 10.2. The van der Waals surface area contributed by atoms with Crippen LogP contribution in [-0.4, -0.2) is 73.1 Å². The zero-order valence-electron chi connectivity index (χ0n) is 25.0. The number of carbonyl (C=O) groups excluding carboxylic acids is 1. The number of hydrogen-bond acceptors (Lipinski definition) is 7. The smallest absolute Gasteiger partial charge is 0.308 e. The molecule has 1 aromatic heterocycles. The number of ether oxygens (including phenoxy) is 3. The molecule has 2 aliphatic heterocycles. The monoisotopic (exact) mass is 539 g/mol. The summed E-state index contributed by atoms with van der Waals surface area (Å²) in [7, 11) is 0. The number of likely N-dealkylation sites (tertiary alicyclic amines) is 1. The number of esters is 1. The molecule has 0 unspecified atom stereocenters. The van der Waals surface area contributed by atoms with Crippen molar-refractivity contribution in [2.45, 2.75) is 85.0 Å². The number of rotatable bonds is 9. The van der Waals surface area contributed by atoms with Gasteiger partial charge in [-0.25, -0.2) is 4.98 Å². The maximum atomic E-state index is 11.8. The Morgan fingerprint density at radius 3 is 2.51 bits per heavy atom. The normalized spacial score (nSPS) is 17.4. The molecule has 3 heterocycles. The average molecular weight is 540 g/mol. The summed E-state index contributed by atoms with van der Waals surface area (Å²) in [5.74, 6) is 0.853. The fourth-order valence-corrected chi connectivity index (χ4v) is 5.14. The predicted molar refractivity (Wildman–Crippen MR) is 157 cm³/mol. The first-order valence-electron chi connectivity index (χ1n) is 14.6. The number of morpholine rings is 1. The fraction of sp³-hybridized carbons (Fsp3) is 0.625. The second-order valence-corrected chi connectivity index (χ2v) is 11.4. The quantitative estimate of drug-likeness (QED) is 0.305. The van der Waals surface area contributed by atoms with Gasteiger partial charge in [-0.15, -0.1) is 0 Å². The van der Waals surface area contributed by atoms with Crippen LogP contribution >= 0.6 is 0 Å². The molecule has 216 valence electrons. The summed E-state index contributed by atoms with van der Waals surface area (Å²) < 4.78 is 17.4. The van der Waals surface area contributed by atoms with Gasteiger partial charge >= 0.3 is 5.97 Å². The highest BCUT2D eigenvalue weighted by Crippen LogP contribution is 2.32. The fourth-order valence-electron chi connectivity index (χ4n) is 5.14. The molecular formula is C32H49N3O4. The van der Waals surface area contributed by atoms with Crippen molar-refractivity contribution in [3.05, 3.63) is 59.3 Å². The Balaban J connectivity index is 0.00000205. The van der Waals surface area contributed by atoms with Crippen LogP contribution in [0.2, 0.25) is 0 Å². The van der Waals surface area contributed by atoms with Crippen LogP contribution in [0.4, 0.5) is 5.82 Å². The van der Waals surface area contributed by atoms with Crippen LogP contribution in [0.1, 0.15) is 70.6 Å². The molecule has 0 N–H and O–H groups in total. The van der Waals surface area contributed by atoms with Crippen LogP contribution < -0.4 is 4.90 Å². The summed E-state index contributed by atoms with van der Waals surface area (Å²) in [6, 6.07) is 13.0. The van der Waals surface area contributed by atoms with Crippen molar-refractivity contribution >= 4 is 11.8 Å². The predicted octanol–water partition coefficient (Wildman–Crippen LogP) is 5.58. The van der Waals surface area contributed by atoms with Crippen LogP contribution in [0, 0.1) is 6.92 Å². The molecule has 1 spiro atoms. The van der Waals surface area contributed by atoms with Gasteiger partial charge < -0.3 is 19.1 Å². The lowest BCUT2D eigenvalue weighted by molar-refractivity contribution is -0.156. The van der Waals surface area contributed by atoms with Crippen LogP contribution in [0.5, 0.6) is 0 Å². The highest BCUT2D eigenvalue weighted by molar-refractivity contribution is 5.69. The summed E-state index contributed by atoms with van der Waals surface area (Å²) in [5, 5.41) is 0. The molecule has 0 radical (unpaired) electrons. The van der Waals surface area contributed by atoms with Gasteiger partial charge in [-0.1, -0.05) is 38.1 Å². The van der Waals surface area contributed by atoms with E-state index in [2.05, 4.69) is 52.0 Å². The first-order valence-corrected chi connectivity index (χ1v) is 14.6. The standard InChI is InChI=1S/C30H43N3O4.C2H6/c1-24-8-13-31-27(20-24)33-16-19-36-30(23-33)11-14-32(15-12-30)22-26-7-5-6-25(21-26)9-17-35-18-10-28(34)37-29(2,3)4;1-2/h5-8,13,20-21H,9-12,14-19,22-23H2,1-4H3;1-2H3. The number of anilines is 1. The Bertz CT molecular complexity index is 1030. The van der Waals surface area contributed by atoms with E-state index in [0.717, 1.165) is 64.4 Å². The molecule has 2 aliphatic rings. The first kappa shape index (κ1) is 31.1. The third-order valence-corrected chi connectivity index (χ3v) is 7.04. The molecule has 0 atom stereocenters. The third-order valence-electron chi connectivity index (χ3n) is 7.04. The van der Waals surface area contributed by atoms with Crippen LogP contribution in [0.25, 0.3) is 0 Å². The molecular weight excluding hydrogens is 490 g/mol. The van der Waals surface area contributed by atoms with E-state index in [9.17, 15) is 4.79 Å². The second-order valence-electron chi connectivity index (χ2n) is 11.4. The van der Waals surface area contributed by atoms with Crippen molar-refractivity contribution in [3.63, 3.8) is 0 Å². The van der Waals surface area contributed by atoms with E-state index < -0.39 is 5.60 Å². The Hall–Kier alpha value is -2.48. The largest absolute Gasteiger partial charge is 0.460 e. The molecule has 0 aliphatic carbocycles. The number of benzene rings is 1. The number of piperidine rings is 1. The van der Waals surface area contributed by atoms with E-state index in [1.807, 2.05) is 46.9 Å². The number of aromatic nitrogens is 1. The van der Waals surface area contributed by atoms with Crippen LogP contribution in [-0.2, 0) is 32.0 Å². The minimum atomic E-state index is -0.449. The van der Waals surface area contributed by atoms with E-state index in [1.165, 1.54) is 16.7 Å². The number of nitrogens with zero attached hydrogens (tertiary/aromatic N) is 3. The van der Waals surface area contributed by atoms with Crippen molar-refractivity contribution in [1.29, 1.82) is 0 Å². The maximum absolute atomic E-state index is 11.8. The molecule has 0 bridgehead atoms. The number of pyridine rings is 1. The molecule has 2 saturated heterocycles. The van der Waals surface area contributed by atoms with Crippen molar-refractivity contribution in [1.82, 2.24) is 9.88 Å². The van der Waals surface area contributed by atoms with E-state index in [0.29, 0.717) is 13.2 Å². The second kappa shape index (κ2) is 14.8. The van der Waals surface area contributed by atoms with Gasteiger partial charge in [0.05, 0.1) is 31.8 Å². The lowest BCUT2D eigenvalue weighted by Gasteiger charge is -2.47. The van der Waals surface area contributed by atoms with E-state index >= 15 is 0 Å². The van der Waals surface area contributed by atoms with Gasteiger partial charge in [0, 0.05) is 38.9 Å². The van der Waals surface area contributed by atoms with Crippen molar-refractivity contribution in [2.24, 2.45) is 0 Å². The molecule has 2 aromatic rings. The molecule has 7 nitrogen and oxygen atoms in total. The van der Waals surface area contributed by atoms with E-state index in [4.69, 9.17) is 14.2 Å². The zero-order valence-corrected chi connectivity index (χ0v) is 25.0. The van der Waals surface area contributed by atoms with Gasteiger partial charge in [-0.05, 0) is 75.8 Å². The SMILES string of the molecule is CC.Cc1ccnc(N2CCOC3(CCN(Cc4cccc(CCOCCC(=O)OC(C)(C)C)c4)CC3)C2)c1. The van der Waals surface area contributed by atoms with Gasteiger partial charge in [0.2, 0.25) is 0 Å². The molecule has 0 amide bonds. The Kier molecular flexibility index (Phi) is 11.8. The van der Waals surface area contributed by atoms with Gasteiger partial charge in [0.15, 0.2) is 0 Å². The summed E-state index contributed by atoms with van der Waals surface area (Å²) >= 11 is 0. The van der Waals surface area contributed by atoms with Crippen LogP contribution in [0.3, 0.4) is 0 Å². The Morgan fingerprint density at radius 2 is 1.79 bits per heavy atom. The molecule has 1 aromatic carbocycles. The number of aryl methyl sites for hydroxylation is 1. The Labute approximate surface area is 235 Å². The minimum absolute atomic E-state index is 0.0708. The summed E-state index contributed by atoms with van der Waals surface area (Å²) in [5.41, 5.74) is 3.32. The minimum Gasteiger partial charge on any atom is -0.460 e. The molecule has 4 rings (SSSR count). The van der Waals surface area contributed by atoms with E-state index in [-0.39, 0.29) is 18.0 Å². The molecule has 2 fully saturated rings. The highest BCUT2D eigenvalue weighted by atomic mass is 16.6. The van der Waals surface area contributed by atoms with Crippen LogP contribution in [0.15, 0.2) is 42.6 Å². The van der Waals surface area contributed by atoms with Crippen molar-refractivity contribution in [3.8, 4) is 0 Å². The lowest BCUT2D eigenvalue weighted by atomic mass is 9.89. The molecule has 7 heteroatoms. The lowest BCUT2D eigenvalue weighted by Crippen LogP contribution is -2.57. The average Bonchev–Trinajstić information content (AvgIpc) is 2.90. The summed E-state index contributed by atoms with van der Waals surface area (Å²) in [6.45, 7) is 18.3. The summed E-state index contributed by atoms with van der Waals surface area (Å²) in [6.07, 6.45) is 5.11. The Morgan fingerprint density at radius 1 is 1.05 bits per heavy atom. The van der Waals surface area contributed by atoms with E-state index in [1.54, 1.807) is 0 Å². The maximum Gasteiger partial charge on any atom is 0.308 e. The van der Waals surface area contributed by atoms with Crippen molar-refractivity contribution < 1.29 is 19.0 Å². The van der Waals surface area contributed by atoms with Gasteiger partial charge in [0.1, 0.15) is 11.4 Å². The van der Waals surface area contributed by atoms with Gasteiger partial charge in [0.25, 0.3) is 0 Å². The number of hydrogen-bond donors (Lipinski definition) is 0. The van der Waals surface area contributed by atoms with Gasteiger partial charge in [-0.2, -0.15) is 0 Å². The zero-order chi connectivity index (χ0) is 28.3. The number of carbonyl (C=O) groups is 1. The van der Waals surface area contributed by atoms with Crippen molar-refractivity contribution in [2.75, 3.05) is 50.9 Å². The first-order chi connectivity index (χ1) is 18.7. The molecule has 0 saturated carbocycles. The van der Waals surface area contributed by atoms with Gasteiger partial charge in [-0.3, -0.25) is 9.69 Å². The highest BCUT2D eigenvalue weighted by Gasteiger charge is 2.40. The topological polar surface area (TPSA) is 64.1 Å².